The normalized spacial score (nSPS) is 13.4. The Morgan fingerprint density at radius 1 is 1.57 bits per heavy atom. The number of aromatic amines is 1. The van der Waals surface area contributed by atoms with Crippen molar-refractivity contribution in [2.45, 2.75) is 6.10 Å². The Kier molecular flexibility index (Phi) is 2.54. The van der Waals surface area contributed by atoms with Gasteiger partial charge in [-0.1, -0.05) is 15.9 Å². The Morgan fingerprint density at radius 3 is 3.07 bits per heavy atom. The number of hydrogen-bond acceptors (Lipinski definition) is 3. The number of aromatic nitrogens is 2. The van der Waals surface area contributed by atoms with Crippen molar-refractivity contribution in [2.24, 2.45) is 5.73 Å². The van der Waals surface area contributed by atoms with Gasteiger partial charge >= 0.3 is 0 Å². The predicted molar refractivity (Wildman–Crippen MR) is 57.8 cm³/mol. The maximum Gasteiger partial charge on any atom is 0.0931 e. The van der Waals surface area contributed by atoms with Crippen LogP contribution >= 0.6 is 15.9 Å². The average molecular weight is 256 g/mol. The number of rotatable bonds is 2. The van der Waals surface area contributed by atoms with Crippen LogP contribution in [0.25, 0.3) is 11.0 Å². The number of aliphatic hydroxyl groups excluding tert-OH is 1. The summed E-state index contributed by atoms with van der Waals surface area (Å²) in [5, 5.41) is 9.62. The Morgan fingerprint density at radius 2 is 2.36 bits per heavy atom. The molecule has 2 rings (SSSR count). The van der Waals surface area contributed by atoms with Crippen LogP contribution in [0.2, 0.25) is 0 Å². The summed E-state index contributed by atoms with van der Waals surface area (Å²) >= 11 is 3.37. The van der Waals surface area contributed by atoms with Gasteiger partial charge in [-0.3, -0.25) is 0 Å². The maximum atomic E-state index is 9.62. The van der Waals surface area contributed by atoms with Crippen molar-refractivity contribution in [1.29, 1.82) is 0 Å². The first-order valence-corrected chi connectivity index (χ1v) is 5.02. The quantitative estimate of drug-likeness (QED) is 0.758. The van der Waals surface area contributed by atoms with Crippen molar-refractivity contribution >= 4 is 27.0 Å². The molecule has 4 nitrogen and oxygen atoms in total. The number of aliphatic hydroxyl groups is 1. The maximum absolute atomic E-state index is 9.62. The first-order valence-electron chi connectivity index (χ1n) is 4.23. The molecule has 14 heavy (non-hydrogen) atoms. The van der Waals surface area contributed by atoms with Crippen molar-refractivity contribution in [3.63, 3.8) is 0 Å². The summed E-state index contributed by atoms with van der Waals surface area (Å²) in [6.45, 7) is 0.207. The minimum absolute atomic E-state index is 0.207. The van der Waals surface area contributed by atoms with E-state index in [0.717, 1.165) is 21.1 Å². The minimum Gasteiger partial charge on any atom is -0.387 e. The van der Waals surface area contributed by atoms with E-state index in [4.69, 9.17) is 5.73 Å². The largest absolute Gasteiger partial charge is 0.387 e. The first kappa shape index (κ1) is 9.64. The average Bonchev–Trinajstić information content (AvgIpc) is 2.62. The molecule has 0 amide bonds. The molecule has 74 valence electrons. The number of H-pyrrole nitrogens is 1. The highest BCUT2D eigenvalue weighted by Crippen LogP contribution is 2.26. The van der Waals surface area contributed by atoms with E-state index in [1.54, 1.807) is 6.33 Å². The number of hydrogen-bond donors (Lipinski definition) is 3. The van der Waals surface area contributed by atoms with Crippen LogP contribution in [0.15, 0.2) is 22.9 Å². The Hall–Kier alpha value is -0.910. The van der Waals surface area contributed by atoms with Crippen molar-refractivity contribution in [2.75, 3.05) is 6.54 Å². The van der Waals surface area contributed by atoms with Crippen LogP contribution in [0.3, 0.4) is 0 Å². The smallest absolute Gasteiger partial charge is 0.0931 e. The zero-order chi connectivity index (χ0) is 10.1. The molecular formula is C9H10BrN3O. The SMILES string of the molecule is NCC(O)c1cc2[nH]cnc2cc1Br. The molecule has 0 radical (unpaired) electrons. The van der Waals surface area contributed by atoms with Gasteiger partial charge in [0.05, 0.1) is 23.5 Å². The Labute approximate surface area is 89.3 Å². The molecule has 2 aromatic rings. The van der Waals surface area contributed by atoms with Crippen LogP contribution in [0.4, 0.5) is 0 Å². The van der Waals surface area contributed by atoms with Gasteiger partial charge in [-0.15, -0.1) is 0 Å². The summed E-state index contributed by atoms with van der Waals surface area (Å²) in [7, 11) is 0. The van der Waals surface area contributed by atoms with E-state index in [1.807, 2.05) is 12.1 Å². The monoisotopic (exact) mass is 255 g/mol. The summed E-state index contributed by atoms with van der Waals surface area (Å²) in [5.74, 6) is 0. The molecule has 4 N–H and O–H groups in total. The lowest BCUT2D eigenvalue weighted by molar-refractivity contribution is 0.186. The van der Waals surface area contributed by atoms with Gasteiger partial charge in [-0.2, -0.15) is 0 Å². The topological polar surface area (TPSA) is 74.9 Å². The van der Waals surface area contributed by atoms with E-state index < -0.39 is 6.10 Å². The van der Waals surface area contributed by atoms with Crippen LogP contribution in [0.1, 0.15) is 11.7 Å². The lowest BCUT2D eigenvalue weighted by Crippen LogP contribution is -2.11. The molecule has 0 aliphatic rings. The van der Waals surface area contributed by atoms with Crippen molar-refractivity contribution in [3.8, 4) is 0 Å². The lowest BCUT2D eigenvalue weighted by Gasteiger charge is -2.09. The van der Waals surface area contributed by atoms with Crippen molar-refractivity contribution in [3.05, 3.63) is 28.5 Å². The second-order valence-corrected chi connectivity index (χ2v) is 3.90. The van der Waals surface area contributed by atoms with E-state index in [1.165, 1.54) is 0 Å². The van der Waals surface area contributed by atoms with Gasteiger partial charge in [0.15, 0.2) is 0 Å². The highest BCUT2D eigenvalue weighted by atomic mass is 79.9. The fraction of sp³-hybridized carbons (Fsp3) is 0.222. The number of imidazole rings is 1. The van der Waals surface area contributed by atoms with Crippen LogP contribution in [-0.2, 0) is 0 Å². The summed E-state index contributed by atoms with van der Waals surface area (Å²) in [6, 6.07) is 3.71. The molecule has 0 saturated carbocycles. The summed E-state index contributed by atoms with van der Waals surface area (Å²) in [4.78, 5) is 7.09. The summed E-state index contributed by atoms with van der Waals surface area (Å²) in [5.41, 5.74) is 7.94. The van der Waals surface area contributed by atoms with Crippen LogP contribution in [-0.4, -0.2) is 21.6 Å². The molecule has 1 unspecified atom stereocenters. The molecule has 5 heteroatoms. The number of fused-ring (bicyclic) bond motifs is 1. The van der Waals surface area contributed by atoms with E-state index in [9.17, 15) is 5.11 Å². The molecule has 0 fully saturated rings. The van der Waals surface area contributed by atoms with Gasteiger partial charge in [-0.05, 0) is 17.7 Å². The number of nitrogens with zero attached hydrogens (tertiary/aromatic N) is 1. The lowest BCUT2D eigenvalue weighted by atomic mass is 10.1. The summed E-state index contributed by atoms with van der Waals surface area (Å²) in [6.07, 6.45) is 0.979. The number of halogens is 1. The van der Waals surface area contributed by atoms with Gasteiger partial charge in [-0.25, -0.2) is 4.98 Å². The van der Waals surface area contributed by atoms with Gasteiger partial charge in [0, 0.05) is 11.0 Å². The predicted octanol–water partition coefficient (Wildman–Crippen LogP) is 1.32. The van der Waals surface area contributed by atoms with E-state index in [0.29, 0.717) is 0 Å². The highest BCUT2D eigenvalue weighted by molar-refractivity contribution is 9.10. The molecule has 0 aliphatic carbocycles. The third-order valence-corrected chi connectivity index (χ3v) is 2.81. The van der Waals surface area contributed by atoms with Crippen LogP contribution in [0.5, 0.6) is 0 Å². The van der Waals surface area contributed by atoms with E-state index in [-0.39, 0.29) is 6.54 Å². The van der Waals surface area contributed by atoms with Crippen molar-refractivity contribution in [1.82, 2.24) is 9.97 Å². The molecule has 1 atom stereocenters. The third-order valence-electron chi connectivity index (χ3n) is 2.12. The van der Waals surface area contributed by atoms with Gasteiger partial charge in [0.2, 0.25) is 0 Å². The molecule has 1 aromatic carbocycles. The molecule has 0 bridgehead atoms. The molecule has 1 aromatic heterocycles. The Balaban J connectivity index is 2.58. The number of nitrogens with one attached hydrogen (secondary N) is 1. The second-order valence-electron chi connectivity index (χ2n) is 3.04. The molecule has 0 saturated heterocycles. The number of nitrogens with two attached hydrogens (primary N) is 1. The Bertz CT molecular complexity index is 454. The van der Waals surface area contributed by atoms with Crippen LogP contribution in [0, 0.1) is 0 Å². The van der Waals surface area contributed by atoms with E-state index in [2.05, 4.69) is 25.9 Å². The van der Waals surface area contributed by atoms with Gasteiger partial charge in [0.1, 0.15) is 0 Å². The fourth-order valence-electron chi connectivity index (χ4n) is 1.36. The summed E-state index contributed by atoms with van der Waals surface area (Å²) < 4.78 is 0.829. The molecule has 1 heterocycles. The van der Waals surface area contributed by atoms with Crippen LogP contribution < -0.4 is 5.73 Å². The minimum atomic E-state index is -0.642. The standard InChI is InChI=1S/C9H10BrN3O/c10-6-2-8-7(12-4-13-8)1-5(6)9(14)3-11/h1-2,4,9,14H,3,11H2,(H,12,13). The van der Waals surface area contributed by atoms with Gasteiger partial charge < -0.3 is 15.8 Å². The van der Waals surface area contributed by atoms with Crippen molar-refractivity contribution < 1.29 is 5.11 Å². The molecule has 0 aliphatic heterocycles. The zero-order valence-corrected chi connectivity index (χ0v) is 8.95. The molecule has 0 spiro atoms. The first-order chi connectivity index (χ1) is 6.72. The fourth-order valence-corrected chi connectivity index (χ4v) is 1.95. The second kappa shape index (κ2) is 3.68. The highest BCUT2D eigenvalue weighted by Gasteiger charge is 2.11. The van der Waals surface area contributed by atoms with E-state index >= 15 is 0 Å². The third kappa shape index (κ3) is 1.54. The molecular weight excluding hydrogens is 246 g/mol. The number of benzene rings is 1. The van der Waals surface area contributed by atoms with Gasteiger partial charge in [0.25, 0.3) is 0 Å². The zero-order valence-electron chi connectivity index (χ0n) is 7.37.